The molecule has 0 aliphatic carbocycles. The van der Waals surface area contributed by atoms with E-state index in [1.54, 1.807) is 0 Å². The van der Waals surface area contributed by atoms with Gasteiger partial charge in [-0.15, -0.1) is 0 Å². The molecule has 1 saturated heterocycles. The van der Waals surface area contributed by atoms with E-state index in [9.17, 15) is 23.2 Å². The molecule has 10 heteroatoms. The zero-order chi connectivity index (χ0) is 30.0. The number of cyclic esters (lactones) is 1. The predicted molar refractivity (Wildman–Crippen MR) is 155 cm³/mol. The largest absolute Gasteiger partial charge is 0.456 e. The third kappa shape index (κ3) is 5.50. The van der Waals surface area contributed by atoms with Crippen LogP contribution in [0.5, 0.6) is 0 Å². The third-order valence-corrected chi connectivity index (χ3v) is 8.67. The van der Waals surface area contributed by atoms with Crippen LogP contribution in [-0.2, 0) is 14.9 Å². The Kier molecular flexibility index (Phi) is 7.94. The van der Waals surface area contributed by atoms with Crippen LogP contribution in [0.1, 0.15) is 42.0 Å². The maximum absolute atomic E-state index is 14.1. The average molecular weight is 587 g/mol. The summed E-state index contributed by atoms with van der Waals surface area (Å²) in [5, 5.41) is 5.29. The molecule has 1 atom stereocenters. The molecule has 1 unspecified atom stereocenters. The molecule has 222 valence electrons. The highest BCUT2D eigenvalue weighted by Crippen LogP contribution is 2.42. The number of ether oxygens (including phenoxy) is 1. The zero-order valence-corrected chi connectivity index (χ0v) is 23.5. The van der Waals surface area contributed by atoms with Crippen LogP contribution in [0.25, 0.3) is 0 Å². The Balaban J connectivity index is 1.09. The number of esters is 1. The molecule has 43 heavy (non-hydrogen) atoms. The van der Waals surface area contributed by atoms with Gasteiger partial charge < -0.3 is 20.3 Å². The summed E-state index contributed by atoms with van der Waals surface area (Å²) in [5.74, 6) is -2.96. The molecule has 0 spiro atoms. The van der Waals surface area contributed by atoms with Gasteiger partial charge in [0, 0.05) is 12.0 Å². The maximum Gasteiger partial charge on any atom is 0.338 e. The average Bonchev–Trinajstić information content (AvgIpc) is 3.40. The van der Waals surface area contributed by atoms with E-state index in [2.05, 4.69) is 64.1 Å². The Bertz CT molecular complexity index is 1510. The van der Waals surface area contributed by atoms with Gasteiger partial charge in [0.15, 0.2) is 11.6 Å². The first-order valence-corrected chi connectivity index (χ1v) is 14.4. The minimum Gasteiger partial charge on any atom is -0.456 e. The number of nitrogens with zero attached hydrogens (tertiary/aromatic N) is 2. The molecule has 8 nitrogen and oxygen atoms in total. The first-order valence-electron chi connectivity index (χ1n) is 14.4. The normalized spacial score (nSPS) is 20.0. The minimum atomic E-state index is -1.25. The van der Waals surface area contributed by atoms with Crippen molar-refractivity contribution in [3.8, 4) is 0 Å². The van der Waals surface area contributed by atoms with Gasteiger partial charge in [0.05, 0.1) is 11.3 Å². The number of amides is 4. The summed E-state index contributed by atoms with van der Waals surface area (Å²) < 4.78 is 32.9. The van der Waals surface area contributed by atoms with E-state index in [0.717, 1.165) is 49.5 Å². The summed E-state index contributed by atoms with van der Waals surface area (Å²) in [4.78, 5) is 42.0. The van der Waals surface area contributed by atoms with E-state index in [4.69, 9.17) is 4.74 Å². The summed E-state index contributed by atoms with van der Waals surface area (Å²) in [6.45, 7) is 2.65. The van der Waals surface area contributed by atoms with Gasteiger partial charge in [-0.05, 0) is 67.7 Å². The number of urea groups is 2. The number of halogens is 2. The molecule has 0 bridgehead atoms. The highest BCUT2D eigenvalue weighted by atomic mass is 19.2. The molecule has 3 heterocycles. The number of hydrogen-bond acceptors (Lipinski definition) is 5. The zero-order valence-electron chi connectivity index (χ0n) is 23.5. The number of rotatable bonds is 7. The maximum atomic E-state index is 14.1. The van der Waals surface area contributed by atoms with Crippen molar-refractivity contribution < 1.29 is 27.9 Å². The highest BCUT2D eigenvalue weighted by Gasteiger charge is 2.46. The van der Waals surface area contributed by atoms with Gasteiger partial charge in [-0.3, -0.25) is 0 Å². The molecule has 6 rings (SSSR count). The summed E-state index contributed by atoms with van der Waals surface area (Å²) in [6.07, 6.45) is 2.56. The summed E-state index contributed by atoms with van der Waals surface area (Å²) >= 11 is 0. The first kappa shape index (κ1) is 28.5. The molecule has 3 aliphatic heterocycles. The van der Waals surface area contributed by atoms with Crippen LogP contribution >= 0.6 is 0 Å². The van der Waals surface area contributed by atoms with Crippen LogP contribution in [0, 0.1) is 11.6 Å². The van der Waals surface area contributed by atoms with Crippen LogP contribution in [-0.4, -0.2) is 60.6 Å². The smallest absolute Gasteiger partial charge is 0.338 e. The third-order valence-electron chi connectivity index (χ3n) is 8.67. The fourth-order valence-electron chi connectivity index (χ4n) is 6.44. The fourth-order valence-corrected chi connectivity index (χ4v) is 6.44. The topological polar surface area (TPSA) is 91.0 Å². The second-order valence-electron chi connectivity index (χ2n) is 11.1. The van der Waals surface area contributed by atoms with Crippen molar-refractivity contribution >= 4 is 18.0 Å². The molecule has 0 saturated carbocycles. The quantitative estimate of drug-likeness (QED) is 0.300. The van der Waals surface area contributed by atoms with Crippen LogP contribution in [0.2, 0.25) is 0 Å². The van der Waals surface area contributed by atoms with Gasteiger partial charge >= 0.3 is 18.0 Å². The van der Waals surface area contributed by atoms with Gasteiger partial charge in [0.2, 0.25) is 0 Å². The monoisotopic (exact) mass is 586 g/mol. The second-order valence-corrected chi connectivity index (χ2v) is 11.1. The number of likely N-dealkylation sites (tertiary alicyclic amines) is 1. The van der Waals surface area contributed by atoms with Crippen LogP contribution in [0.15, 0.2) is 90.1 Å². The van der Waals surface area contributed by atoms with Crippen molar-refractivity contribution in [2.24, 2.45) is 0 Å². The van der Waals surface area contributed by atoms with Gasteiger partial charge in [0.25, 0.3) is 0 Å². The predicted octanol–water partition coefficient (Wildman–Crippen LogP) is 5.02. The Hall–Kier alpha value is -4.57. The SMILES string of the molecule is O=C1OCC2=C1C(c1ccc(F)c(F)c1)N(C(=O)NCCCN1CCC(c3ccccc3)(c3ccccc3)CC1)C(=O)N2. The standard InChI is InChI=1S/C33H32F2N4O4/c34-25-13-12-22(20-26(25)35)29-28-27(21-43-30(28)40)37-32(42)39(29)31(41)36-16-7-17-38-18-14-33(15-19-38,23-8-3-1-4-9-23)24-10-5-2-6-11-24/h1-6,8-13,20,29H,7,14-19,21H2,(H,36,41)(H,37,42). The van der Waals surface area contributed by atoms with E-state index in [1.165, 1.54) is 17.2 Å². The molecule has 3 aliphatic rings. The Morgan fingerprint density at radius 3 is 2.21 bits per heavy atom. The fraction of sp³-hybridized carbons (Fsp3) is 0.303. The van der Waals surface area contributed by atoms with Crippen molar-refractivity contribution in [1.82, 2.24) is 20.4 Å². The van der Waals surface area contributed by atoms with Gasteiger partial charge in [-0.1, -0.05) is 66.7 Å². The number of carbonyl (C=O) groups excluding carboxylic acids is 3. The molecule has 3 aromatic rings. The summed E-state index contributed by atoms with van der Waals surface area (Å²) in [6, 6.07) is 21.5. The second kappa shape index (κ2) is 12.0. The lowest BCUT2D eigenvalue weighted by Crippen LogP contribution is -2.54. The minimum absolute atomic E-state index is 0.0226. The first-order chi connectivity index (χ1) is 20.9. The molecule has 0 aromatic heterocycles. The van der Waals surface area contributed by atoms with E-state index < -0.39 is 35.7 Å². The number of imide groups is 1. The van der Waals surface area contributed by atoms with Gasteiger partial charge in [-0.2, -0.15) is 0 Å². The lowest BCUT2D eigenvalue weighted by molar-refractivity contribution is -0.136. The van der Waals surface area contributed by atoms with Crippen molar-refractivity contribution in [2.75, 3.05) is 32.8 Å². The van der Waals surface area contributed by atoms with Crippen LogP contribution < -0.4 is 10.6 Å². The van der Waals surface area contributed by atoms with Crippen molar-refractivity contribution in [1.29, 1.82) is 0 Å². The Morgan fingerprint density at radius 2 is 1.58 bits per heavy atom. The Morgan fingerprint density at radius 1 is 0.930 bits per heavy atom. The highest BCUT2D eigenvalue weighted by molar-refractivity contribution is 6.03. The molecule has 3 aromatic carbocycles. The lowest BCUT2D eigenvalue weighted by atomic mass is 9.68. The molecule has 0 radical (unpaired) electrons. The molecule has 4 amide bonds. The van der Waals surface area contributed by atoms with E-state index in [0.29, 0.717) is 6.42 Å². The number of carbonyl (C=O) groups is 3. The van der Waals surface area contributed by atoms with Crippen molar-refractivity contribution in [3.63, 3.8) is 0 Å². The Labute approximate surface area is 248 Å². The van der Waals surface area contributed by atoms with E-state index in [-0.39, 0.29) is 35.4 Å². The summed E-state index contributed by atoms with van der Waals surface area (Å²) in [5.41, 5.74) is 2.89. The van der Waals surface area contributed by atoms with Gasteiger partial charge in [0.1, 0.15) is 12.6 Å². The number of piperidine rings is 1. The summed E-state index contributed by atoms with van der Waals surface area (Å²) in [7, 11) is 0. The molecule has 1 fully saturated rings. The molecular weight excluding hydrogens is 554 g/mol. The lowest BCUT2D eigenvalue weighted by Gasteiger charge is -2.43. The van der Waals surface area contributed by atoms with Gasteiger partial charge in [-0.25, -0.2) is 28.1 Å². The molecular formula is C33H32F2N4O4. The van der Waals surface area contributed by atoms with Crippen LogP contribution in [0.4, 0.5) is 18.4 Å². The number of hydrogen-bond donors (Lipinski definition) is 2. The number of benzene rings is 3. The van der Waals surface area contributed by atoms with E-state index >= 15 is 0 Å². The van der Waals surface area contributed by atoms with Crippen molar-refractivity contribution in [2.45, 2.75) is 30.7 Å². The number of nitrogens with one attached hydrogen (secondary N) is 2. The van der Waals surface area contributed by atoms with Crippen molar-refractivity contribution in [3.05, 3.63) is 118 Å². The van der Waals surface area contributed by atoms with Crippen LogP contribution in [0.3, 0.4) is 0 Å². The molecule has 2 N–H and O–H groups in total. The van der Waals surface area contributed by atoms with E-state index in [1.807, 2.05) is 12.1 Å².